The van der Waals surface area contributed by atoms with Gasteiger partial charge in [0.25, 0.3) is 0 Å². The molecule has 374 valence electrons. The molecule has 6 nitrogen and oxygen atoms in total. The molecule has 0 fully saturated rings. The van der Waals surface area contributed by atoms with Gasteiger partial charge in [-0.25, -0.2) is 0 Å². The van der Waals surface area contributed by atoms with E-state index in [-0.39, 0.29) is 31.1 Å². The van der Waals surface area contributed by atoms with Crippen LogP contribution in [0.25, 0.3) is 0 Å². The summed E-state index contributed by atoms with van der Waals surface area (Å²) in [7, 11) is 0. The normalized spacial score (nSPS) is 12.2. The monoisotopic (exact) mass is 899 g/mol. The molecule has 0 bridgehead atoms. The Bertz CT molecular complexity index is 1080. The van der Waals surface area contributed by atoms with Crippen molar-refractivity contribution >= 4 is 17.9 Å². The molecule has 0 aliphatic heterocycles. The zero-order valence-corrected chi connectivity index (χ0v) is 42.8. The molecule has 6 heteroatoms. The van der Waals surface area contributed by atoms with Crippen LogP contribution in [0.5, 0.6) is 0 Å². The van der Waals surface area contributed by atoms with Gasteiger partial charge >= 0.3 is 17.9 Å². The van der Waals surface area contributed by atoms with Crippen molar-refractivity contribution in [2.45, 2.75) is 303 Å². The topological polar surface area (TPSA) is 78.9 Å². The van der Waals surface area contributed by atoms with Crippen LogP contribution in [-0.2, 0) is 28.6 Å². The average molecular weight is 899 g/mol. The number of rotatable bonds is 51. The van der Waals surface area contributed by atoms with E-state index in [2.05, 4.69) is 57.2 Å². The van der Waals surface area contributed by atoms with E-state index in [4.69, 9.17) is 14.2 Å². The molecular weight excluding hydrogens is 793 g/mol. The highest BCUT2D eigenvalue weighted by Crippen LogP contribution is 2.16. The number of hydrogen-bond donors (Lipinski definition) is 0. The lowest BCUT2D eigenvalue weighted by Crippen LogP contribution is -2.30. The van der Waals surface area contributed by atoms with Gasteiger partial charge in [0.15, 0.2) is 6.10 Å². The second kappa shape index (κ2) is 53.2. The van der Waals surface area contributed by atoms with Crippen LogP contribution >= 0.6 is 0 Å². The van der Waals surface area contributed by atoms with Crippen molar-refractivity contribution < 1.29 is 28.6 Å². The number of esters is 3. The number of ether oxygens (including phenoxy) is 3. The van der Waals surface area contributed by atoms with Crippen LogP contribution in [0.3, 0.4) is 0 Å². The standard InChI is InChI=1S/C58H106O6/c1-4-7-10-13-16-19-21-23-25-27-29-31-33-35-37-39-42-45-48-51-57(60)63-54-55(53-62-56(59)50-47-44-41-18-15-12-9-6-3)64-58(61)52-49-46-43-40-38-36-34-32-30-28-26-24-22-20-17-14-11-8-5-2/h16,19,23,25,29,31,55H,4-15,17-18,20-22,24,26-28,30,32-54H2,1-3H3/b19-16-,25-23-,31-29-. The summed E-state index contributed by atoms with van der Waals surface area (Å²) in [6.07, 6.45) is 62.9. The lowest BCUT2D eigenvalue weighted by molar-refractivity contribution is -0.167. The van der Waals surface area contributed by atoms with Crippen molar-refractivity contribution in [3.8, 4) is 0 Å². The fourth-order valence-corrected chi connectivity index (χ4v) is 8.16. The minimum Gasteiger partial charge on any atom is -0.462 e. The Morgan fingerprint density at radius 3 is 0.906 bits per heavy atom. The molecule has 1 atom stereocenters. The van der Waals surface area contributed by atoms with Crippen LogP contribution in [0.2, 0.25) is 0 Å². The van der Waals surface area contributed by atoms with Crippen molar-refractivity contribution in [1.29, 1.82) is 0 Å². The molecule has 0 N–H and O–H groups in total. The first kappa shape index (κ1) is 61.6. The molecule has 0 radical (unpaired) electrons. The second-order valence-corrected chi connectivity index (χ2v) is 18.9. The minimum atomic E-state index is -0.772. The molecule has 0 aliphatic rings. The van der Waals surface area contributed by atoms with Crippen molar-refractivity contribution in [2.24, 2.45) is 0 Å². The fraction of sp³-hybridized carbons (Fsp3) is 0.845. The highest BCUT2D eigenvalue weighted by Gasteiger charge is 2.19. The molecule has 0 aromatic carbocycles. The predicted molar refractivity (Wildman–Crippen MR) is 275 cm³/mol. The fourth-order valence-electron chi connectivity index (χ4n) is 8.16. The van der Waals surface area contributed by atoms with Crippen molar-refractivity contribution in [3.63, 3.8) is 0 Å². The molecule has 64 heavy (non-hydrogen) atoms. The molecule has 0 aliphatic carbocycles. The summed E-state index contributed by atoms with van der Waals surface area (Å²) in [6, 6.07) is 0. The number of carbonyl (C=O) groups is 3. The lowest BCUT2D eigenvalue weighted by atomic mass is 10.0. The summed E-state index contributed by atoms with van der Waals surface area (Å²) >= 11 is 0. The molecule has 1 unspecified atom stereocenters. The Labute approximate surface area is 397 Å². The van der Waals surface area contributed by atoms with Crippen LogP contribution in [0.1, 0.15) is 297 Å². The SMILES string of the molecule is CCCCC/C=C\C/C=C\C/C=C\CCCCCCCCC(=O)OCC(COC(=O)CCCCCCCCCC)OC(=O)CCCCCCCCCCCCCCCCCCCCC. The van der Waals surface area contributed by atoms with Gasteiger partial charge in [-0.1, -0.05) is 256 Å². The Morgan fingerprint density at radius 1 is 0.312 bits per heavy atom. The first-order valence-corrected chi connectivity index (χ1v) is 28.0. The minimum absolute atomic E-state index is 0.0726. The van der Waals surface area contributed by atoms with Gasteiger partial charge in [0, 0.05) is 19.3 Å². The van der Waals surface area contributed by atoms with Crippen molar-refractivity contribution in [1.82, 2.24) is 0 Å². The number of unbranched alkanes of at least 4 members (excludes halogenated alkanes) is 34. The first-order valence-electron chi connectivity index (χ1n) is 28.0. The van der Waals surface area contributed by atoms with Crippen molar-refractivity contribution in [3.05, 3.63) is 36.5 Å². The van der Waals surface area contributed by atoms with Crippen LogP contribution in [0.15, 0.2) is 36.5 Å². The third-order valence-electron chi connectivity index (χ3n) is 12.4. The summed E-state index contributed by atoms with van der Waals surface area (Å²) in [5, 5.41) is 0. The lowest BCUT2D eigenvalue weighted by Gasteiger charge is -2.18. The third-order valence-corrected chi connectivity index (χ3v) is 12.4. The zero-order chi connectivity index (χ0) is 46.5. The number of hydrogen-bond acceptors (Lipinski definition) is 6. The summed E-state index contributed by atoms with van der Waals surface area (Å²) in [5.74, 6) is -0.875. The van der Waals surface area contributed by atoms with E-state index in [0.29, 0.717) is 19.3 Å². The van der Waals surface area contributed by atoms with Gasteiger partial charge in [-0.05, 0) is 57.8 Å². The molecule has 0 rings (SSSR count). The number of carbonyl (C=O) groups excluding carboxylic acids is 3. The van der Waals surface area contributed by atoms with E-state index in [1.807, 2.05) is 0 Å². The van der Waals surface area contributed by atoms with Gasteiger partial charge < -0.3 is 14.2 Å². The van der Waals surface area contributed by atoms with E-state index in [1.54, 1.807) is 0 Å². The molecular formula is C58H106O6. The van der Waals surface area contributed by atoms with E-state index >= 15 is 0 Å². The summed E-state index contributed by atoms with van der Waals surface area (Å²) < 4.78 is 16.8. The van der Waals surface area contributed by atoms with Gasteiger partial charge in [-0.3, -0.25) is 14.4 Å². The summed E-state index contributed by atoms with van der Waals surface area (Å²) in [5.41, 5.74) is 0. The molecule has 0 heterocycles. The third kappa shape index (κ3) is 50.6. The molecule has 0 spiro atoms. The van der Waals surface area contributed by atoms with Crippen LogP contribution < -0.4 is 0 Å². The van der Waals surface area contributed by atoms with Crippen molar-refractivity contribution in [2.75, 3.05) is 13.2 Å². The van der Waals surface area contributed by atoms with Gasteiger partial charge in [-0.2, -0.15) is 0 Å². The van der Waals surface area contributed by atoms with E-state index in [1.165, 1.54) is 180 Å². The summed E-state index contributed by atoms with van der Waals surface area (Å²) in [6.45, 7) is 6.61. The maximum atomic E-state index is 12.8. The highest BCUT2D eigenvalue weighted by atomic mass is 16.6. The van der Waals surface area contributed by atoms with Crippen LogP contribution in [0.4, 0.5) is 0 Å². The van der Waals surface area contributed by atoms with Crippen LogP contribution in [0, 0.1) is 0 Å². The first-order chi connectivity index (χ1) is 31.5. The Hall–Kier alpha value is -2.37. The summed E-state index contributed by atoms with van der Waals surface area (Å²) in [4.78, 5) is 38.0. The maximum absolute atomic E-state index is 12.8. The quantitative estimate of drug-likeness (QED) is 0.0262. The van der Waals surface area contributed by atoms with Crippen LogP contribution in [-0.4, -0.2) is 37.2 Å². The van der Waals surface area contributed by atoms with E-state index in [9.17, 15) is 14.4 Å². The largest absolute Gasteiger partial charge is 0.462 e. The molecule has 0 saturated heterocycles. The Kier molecular flexibility index (Phi) is 51.3. The van der Waals surface area contributed by atoms with E-state index in [0.717, 1.165) is 77.0 Å². The van der Waals surface area contributed by atoms with Gasteiger partial charge in [-0.15, -0.1) is 0 Å². The molecule has 0 saturated carbocycles. The van der Waals surface area contributed by atoms with E-state index < -0.39 is 6.10 Å². The zero-order valence-electron chi connectivity index (χ0n) is 42.8. The maximum Gasteiger partial charge on any atom is 0.306 e. The van der Waals surface area contributed by atoms with Gasteiger partial charge in [0.1, 0.15) is 13.2 Å². The Balaban J connectivity index is 4.24. The second-order valence-electron chi connectivity index (χ2n) is 18.9. The van der Waals surface area contributed by atoms with Gasteiger partial charge in [0.2, 0.25) is 0 Å². The molecule has 0 amide bonds. The number of allylic oxidation sites excluding steroid dienone is 6. The molecule has 0 aromatic heterocycles. The van der Waals surface area contributed by atoms with Gasteiger partial charge in [0.05, 0.1) is 0 Å². The average Bonchev–Trinajstić information content (AvgIpc) is 3.29. The predicted octanol–water partition coefficient (Wildman–Crippen LogP) is 18.5. The smallest absolute Gasteiger partial charge is 0.306 e. The molecule has 0 aromatic rings. The highest BCUT2D eigenvalue weighted by molar-refractivity contribution is 5.71. The Morgan fingerprint density at radius 2 is 0.562 bits per heavy atom.